The quantitative estimate of drug-likeness (QED) is 0.152. The maximum Gasteiger partial charge on any atom is 0.284 e. The lowest BCUT2D eigenvalue weighted by molar-refractivity contribution is -0.393. The van der Waals surface area contributed by atoms with Crippen LogP contribution in [0.4, 0.5) is 17.1 Å². The van der Waals surface area contributed by atoms with Crippen LogP contribution in [0.5, 0.6) is 5.75 Å². The Balaban J connectivity index is 1.84. The standard InChI is InChI=1S/C25H21N3O7/c1-2-3-4-11-35-19-8-5-16(6-9-19)12-21-22-13-17(26(29)30)7-10-20(22)25-23(21)14-18(27(31)32)15-24(25)28(33)34/h5-10,12-15H,2-4,11H2,1H3/b21-12+. The number of non-ortho nitro benzene ring substituents is 2. The van der Waals surface area contributed by atoms with E-state index in [1.165, 1.54) is 24.3 Å². The normalized spacial score (nSPS) is 12.8. The van der Waals surface area contributed by atoms with Gasteiger partial charge in [0.25, 0.3) is 17.1 Å². The van der Waals surface area contributed by atoms with Gasteiger partial charge in [-0.25, -0.2) is 0 Å². The Morgan fingerprint density at radius 1 is 0.771 bits per heavy atom. The second-order valence-corrected chi connectivity index (χ2v) is 8.07. The molecule has 0 aliphatic heterocycles. The van der Waals surface area contributed by atoms with Crippen molar-refractivity contribution in [2.24, 2.45) is 0 Å². The highest BCUT2D eigenvalue weighted by Crippen LogP contribution is 2.51. The second kappa shape index (κ2) is 9.72. The molecule has 0 radical (unpaired) electrons. The molecule has 10 nitrogen and oxygen atoms in total. The predicted molar refractivity (Wildman–Crippen MR) is 130 cm³/mol. The molecule has 3 aromatic rings. The molecule has 1 aliphatic carbocycles. The van der Waals surface area contributed by atoms with Gasteiger partial charge in [0.15, 0.2) is 0 Å². The molecule has 1 aliphatic rings. The Hall–Kier alpha value is -4.60. The largest absolute Gasteiger partial charge is 0.494 e. The molecule has 0 fully saturated rings. The van der Waals surface area contributed by atoms with Crippen LogP contribution < -0.4 is 4.74 Å². The van der Waals surface area contributed by atoms with Crippen LogP contribution in [-0.4, -0.2) is 21.4 Å². The smallest absolute Gasteiger partial charge is 0.284 e. The molecule has 4 rings (SSSR count). The highest BCUT2D eigenvalue weighted by Gasteiger charge is 2.34. The van der Waals surface area contributed by atoms with Crippen LogP contribution >= 0.6 is 0 Å². The Morgan fingerprint density at radius 3 is 2.09 bits per heavy atom. The van der Waals surface area contributed by atoms with Crippen LogP contribution in [0.15, 0.2) is 54.6 Å². The summed E-state index contributed by atoms with van der Waals surface area (Å²) < 4.78 is 5.73. The monoisotopic (exact) mass is 475 g/mol. The SMILES string of the molecule is CCCCCOc1ccc(/C=C2\c3cc([N+](=O)[O-])ccc3-c3c2cc([N+](=O)[O-])cc3[N+](=O)[O-])cc1. The van der Waals surface area contributed by atoms with E-state index in [4.69, 9.17) is 4.74 Å². The van der Waals surface area contributed by atoms with Gasteiger partial charge in [0.1, 0.15) is 5.75 Å². The van der Waals surface area contributed by atoms with E-state index in [0.717, 1.165) is 25.3 Å². The summed E-state index contributed by atoms with van der Waals surface area (Å²) in [5.74, 6) is 0.692. The average molecular weight is 475 g/mol. The fourth-order valence-electron chi connectivity index (χ4n) is 4.11. The minimum Gasteiger partial charge on any atom is -0.494 e. The summed E-state index contributed by atoms with van der Waals surface area (Å²) in [4.78, 5) is 32.7. The molecule has 0 saturated carbocycles. The van der Waals surface area contributed by atoms with Crippen molar-refractivity contribution in [2.75, 3.05) is 6.61 Å². The molecule has 0 bridgehead atoms. The zero-order valence-corrected chi connectivity index (χ0v) is 18.8. The van der Waals surface area contributed by atoms with Crippen molar-refractivity contribution < 1.29 is 19.5 Å². The number of fused-ring (bicyclic) bond motifs is 3. The van der Waals surface area contributed by atoms with Gasteiger partial charge >= 0.3 is 0 Å². The molecule has 3 aromatic carbocycles. The number of benzene rings is 3. The van der Waals surface area contributed by atoms with Crippen molar-refractivity contribution in [3.63, 3.8) is 0 Å². The number of rotatable bonds is 9. The maximum absolute atomic E-state index is 11.8. The summed E-state index contributed by atoms with van der Waals surface area (Å²) in [7, 11) is 0. The van der Waals surface area contributed by atoms with Gasteiger partial charge in [-0.1, -0.05) is 31.9 Å². The average Bonchev–Trinajstić information content (AvgIpc) is 3.14. The maximum atomic E-state index is 11.8. The van der Waals surface area contributed by atoms with Crippen LogP contribution in [-0.2, 0) is 0 Å². The van der Waals surface area contributed by atoms with Crippen molar-refractivity contribution in [1.82, 2.24) is 0 Å². The highest BCUT2D eigenvalue weighted by molar-refractivity contribution is 6.09. The molecule has 0 atom stereocenters. The van der Waals surface area contributed by atoms with Gasteiger partial charge in [-0.15, -0.1) is 0 Å². The summed E-state index contributed by atoms with van der Waals surface area (Å²) in [5, 5.41) is 34.7. The molecule has 0 heterocycles. The third-order valence-corrected chi connectivity index (χ3v) is 5.78. The lowest BCUT2D eigenvalue weighted by atomic mass is 10.00. The van der Waals surface area contributed by atoms with Crippen molar-refractivity contribution in [1.29, 1.82) is 0 Å². The first kappa shape index (κ1) is 23.6. The first-order chi connectivity index (χ1) is 16.8. The Labute approximate surface area is 199 Å². The summed E-state index contributed by atoms with van der Waals surface area (Å²) in [6, 6.07) is 13.4. The number of ether oxygens (including phenoxy) is 1. The molecule has 35 heavy (non-hydrogen) atoms. The third kappa shape index (κ3) is 4.72. The zero-order chi connectivity index (χ0) is 25.1. The lowest BCUT2D eigenvalue weighted by Crippen LogP contribution is -1.97. The van der Waals surface area contributed by atoms with Crippen LogP contribution in [0.3, 0.4) is 0 Å². The first-order valence-electron chi connectivity index (χ1n) is 11.0. The van der Waals surface area contributed by atoms with Gasteiger partial charge in [0.2, 0.25) is 0 Å². The fraction of sp³-hybridized carbons (Fsp3) is 0.200. The van der Waals surface area contributed by atoms with Crippen LogP contribution in [0.2, 0.25) is 0 Å². The van der Waals surface area contributed by atoms with E-state index in [0.29, 0.717) is 34.6 Å². The molecule has 0 unspecified atom stereocenters. The number of hydrogen-bond donors (Lipinski definition) is 0. The number of unbranched alkanes of at least 4 members (excludes halogenated alkanes) is 2. The minimum atomic E-state index is -0.693. The molecule has 0 amide bonds. The highest BCUT2D eigenvalue weighted by atomic mass is 16.6. The van der Waals surface area contributed by atoms with E-state index < -0.39 is 26.1 Å². The molecule has 178 valence electrons. The number of hydrogen-bond acceptors (Lipinski definition) is 7. The van der Waals surface area contributed by atoms with E-state index in [9.17, 15) is 30.3 Å². The molecule has 0 spiro atoms. The zero-order valence-electron chi connectivity index (χ0n) is 18.8. The van der Waals surface area contributed by atoms with E-state index in [2.05, 4.69) is 6.92 Å². The molecular formula is C25H21N3O7. The minimum absolute atomic E-state index is 0.185. The summed E-state index contributed by atoms with van der Waals surface area (Å²) in [5.41, 5.74) is 1.39. The van der Waals surface area contributed by atoms with Gasteiger partial charge in [0.05, 0.1) is 33.0 Å². The van der Waals surface area contributed by atoms with Crippen LogP contribution in [0.1, 0.15) is 42.9 Å². The van der Waals surface area contributed by atoms with Gasteiger partial charge in [-0.2, -0.15) is 0 Å². The number of nitro benzene ring substituents is 3. The fourth-order valence-corrected chi connectivity index (χ4v) is 4.11. The van der Waals surface area contributed by atoms with E-state index in [1.54, 1.807) is 30.3 Å². The summed E-state index contributed by atoms with van der Waals surface area (Å²) in [6.45, 7) is 2.71. The molecule has 0 N–H and O–H groups in total. The van der Waals surface area contributed by atoms with Crippen molar-refractivity contribution in [2.45, 2.75) is 26.2 Å². The van der Waals surface area contributed by atoms with Crippen molar-refractivity contribution in [3.8, 4) is 16.9 Å². The molecule has 10 heteroatoms. The van der Waals surface area contributed by atoms with Crippen LogP contribution in [0.25, 0.3) is 22.8 Å². The molecule has 0 aromatic heterocycles. The van der Waals surface area contributed by atoms with E-state index in [1.807, 2.05) is 0 Å². The van der Waals surface area contributed by atoms with Gasteiger partial charge < -0.3 is 4.74 Å². The van der Waals surface area contributed by atoms with Crippen molar-refractivity contribution >= 4 is 28.7 Å². The van der Waals surface area contributed by atoms with Crippen molar-refractivity contribution in [3.05, 3.63) is 102 Å². The summed E-state index contributed by atoms with van der Waals surface area (Å²) in [6.07, 6.45) is 4.83. The molecular weight excluding hydrogens is 454 g/mol. The Bertz CT molecular complexity index is 1360. The number of nitro groups is 3. The topological polar surface area (TPSA) is 139 Å². The summed E-state index contributed by atoms with van der Waals surface area (Å²) >= 11 is 0. The van der Waals surface area contributed by atoms with Gasteiger partial charge in [-0.05, 0) is 53.0 Å². The van der Waals surface area contributed by atoms with Gasteiger partial charge in [0, 0.05) is 23.8 Å². The van der Waals surface area contributed by atoms with E-state index >= 15 is 0 Å². The van der Waals surface area contributed by atoms with Crippen LogP contribution in [0, 0.1) is 30.3 Å². The predicted octanol–water partition coefficient (Wildman–Crippen LogP) is 6.55. The molecule has 0 saturated heterocycles. The Kier molecular flexibility index (Phi) is 6.54. The first-order valence-corrected chi connectivity index (χ1v) is 11.0. The van der Waals surface area contributed by atoms with Gasteiger partial charge in [-0.3, -0.25) is 30.3 Å². The second-order valence-electron chi connectivity index (χ2n) is 8.07. The lowest BCUT2D eigenvalue weighted by Gasteiger charge is -2.07. The number of nitrogens with zero attached hydrogens (tertiary/aromatic N) is 3. The van der Waals surface area contributed by atoms with E-state index in [-0.39, 0.29) is 16.8 Å². The third-order valence-electron chi connectivity index (χ3n) is 5.78. The Morgan fingerprint density at radius 2 is 1.46 bits per heavy atom.